The lowest BCUT2D eigenvalue weighted by atomic mass is 10.1. The number of hydrogen-bond acceptors (Lipinski definition) is 5. The van der Waals surface area contributed by atoms with Gasteiger partial charge in [0.15, 0.2) is 0 Å². The number of hydrogen-bond donors (Lipinski definition) is 1. The molecule has 1 aromatic heterocycles. The summed E-state index contributed by atoms with van der Waals surface area (Å²) in [6, 6.07) is 0. The van der Waals surface area contributed by atoms with Crippen LogP contribution in [-0.4, -0.2) is 37.0 Å². The summed E-state index contributed by atoms with van der Waals surface area (Å²) in [6.07, 6.45) is 10.3. The Morgan fingerprint density at radius 3 is 2.45 bits per heavy atom. The lowest BCUT2D eigenvalue weighted by Gasteiger charge is -2.02. The average molecular weight is 300 g/mol. The van der Waals surface area contributed by atoms with Crippen LogP contribution in [0.15, 0.2) is 5.16 Å². The molecule has 0 saturated carbocycles. The van der Waals surface area contributed by atoms with Crippen LogP contribution in [-0.2, 0) is 11.3 Å². The van der Waals surface area contributed by atoms with E-state index in [-0.39, 0.29) is 6.54 Å². The molecule has 0 aliphatic carbocycles. The molecule has 6 nitrogen and oxygen atoms in total. The molecule has 1 heterocycles. The molecular formula is C13H24N4O2S. The van der Waals surface area contributed by atoms with E-state index in [4.69, 9.17) is 5.11 Å². The predicted molar refractivity (Wildman–Crippen MR) is 78.8 cm³/mol. The maximum absolute atomic E-state index is 10.6. The summed E-state index contributed by atoms with van der Waals surface area (Å²) in [5, 5.41) is 20.3. The maximum Gasteiger partial charge on any atom is 0.325 e. The largest absolute Gasteiger partial charge is 0.480 e. The minimum absolute atomic E-state index is 0.174. The van der Waals surface area contributed by atoms with Gasteiger partial charge in [0.1, 0.15) is 6.54 Å². The SMILES string of the molecule is CCCCCCCCCCSc1nnnn1CC(=O)O. The van der Waals surface area contributed by atoms with Gasteiger partial charge in [-0.1, -0.05) is 63.6 Å². The molecule has 114 valence electrons. The van der Waals surface area contributed by atoms with E-state index in [1.807, 2.05) is 0 Å². The Morgan fingerprint density at radius 2 is 1.80 bits per heavy atom. The summed E-state index contributed by atoms with van der Waals surface area (Å²) < 4.78 is 1.33. The third-order valence-corrected chi connectivity index (χ3v) is 4.06. The molecule has 0 saturated heterocycles. The van der Waals surface area contributed by atoms with E-state index < -0.39 is 5.97 Å². The first-order valence-corrected chi connectivity index (χ1v) is 8.33. The minimum Gasteiger partial charge on any atom is -0.480 e. The number of carbonyl (C=O) groups is 1. The first kappa shape index (κ1) is 16.9. The summed E-state index contributed by atoms with van der Waals surface area (Å²) in [4.78, 5) is 10.6. The van der Waals surface area contributed by atoms with Crippen molar-refractivity contribution in [2.24, 2.45) is 0 Å². The molecule has 0 fully saturated rings. The third kappa shape index (κ3) is 7.47. The highest BCUT2D eigenvalue weighted by molar-refractivity contribution is 7.99. The van der Waals surface area contributed by atoms with E-state index in [1.54, 1.807) is 0 Å². The van der Waals surface area contributed by atoms with Gasteiger partial charge in [-0.05, 0) is 16.8 Å². The highest BCUT2D eigenvalue weighted by Crippen LogP contribution is 2.17. The predicted octanol–water partition coefficient (Wildman–Crippen LogP) is 2.99. The van der Waals surface area contributed by atoms with Crippen LogP contribution in [0.4, 0.5) is 0 Å². The van der Waals surface area contributed by atoms with Crippen LogP contribution in [0.3, 0.4) is 0 Å². The zero-order valence-corrected chi connectivity index (χ0v) is 12.9. The fraction of sp³-hybridized carbons (Fsp3) is 0.846. The number of rotatable bonds is 12. The zero-order valence-electron chi connectivity index (χ0n) is 12.1. The number of aromatic nitrogens is 4. The molecule has 0 bridgehead atoms. The van der Waals surface area contributed by atoms with Gasteiger partial charge in [-0.3, -0.25) is 4.79 Å². The number of carboxylic acid groups (broad SMARTS) is 1. The zero-order chi connectivity index (χ0) is 14.6. The second kappa shape index (κ2) is 10.7. The van der Waals surface area contributed by atoms with Crippen molar-refractivity contribution < 1.29 is 9.90 Å². The van der Waals surface area contributed by atoms with Crippen molar-refractivity contribution in [2.45, 2.75) is 70.0 Å². The number of carboxylic acids is 1. The molecule has 1 rings (SSSR count). The average Bonchev–Trinajstić information content (AvgIpc) is 2.83. The normalized spacial score (nSPS) is 10.8. The standard InChI is InChI=1S/C13H24N4O2S/c1-2-3-4-5-6-7-8-9-10-20-13-14-15-16-17(13)11-12(18)19/h2-11H2,1H3,(H,18,19). The molecule has 0 spiro atoms. The molecule has 1 N–H and O–H groups in total. The Bertz CT molecular complexity index is 384. The molecule has 7 heteroatoms. The maximum atomic E-state index is 10.6. The molecule has 0 aromatic carbocycles. The molecule has 0 aliphatic heterocycles. The van der Waals surface area contributed by atoms with Gasteiger partial charge in [0.25, 0.3) is 0 Å². The van der Waals surface area contributed by atoms with Crippen LogP contribution in [0.1, 0.15) is 58.3 Å². The molecule has 1 aromatic rings. The van der Waals surface area contributed by atoms with E-state index in [0.29, 0.717) is 5.16 Å². The number of nitrogens with zero attached hydrogens (tertiary/aromatic N) is 4. The molecule has 0 unspecified atom stereocenters. The summed E-state index contributed by atoms with van der Waals surface area (Å²) in [5.74, 6) is 0.0146. The molecule has 20 heavy (non-hydrogen) atoms. The first-order chi connectivity index (χ1) is 9.74. The van der Waals surface area contributed by atoms with Gasteiger partial charge in [-0.2, -0.15) is 0 Å². The van der Waals surface area contributed by atoms with Gasteiger partial charge in [-0.15, -0.1) is 5.10 Å². The van der Waals surface area contributed by atoms with Crippen LogP contribution >= 0.6 is 11.8 Å². The molecule has 0 amide bonds. The van der Waals surface area contributed by atoms with Gasteiger partial charge >= 0.3 is 5.97 Å². The van der Waals surface area contributed by atoms with Crippen molar-refractivity contribution in [1.29, 1.82) is 0 Å². The van der Waals surface area contributed by atoms with Crippen molar-refractivity contribution in [2.75, 3.05) is 5.75 Å². The van der Waals surface area contributed by atoms with Gasteiger partial charge in [0, 0.05) is 5.75 Å². The molecule has 0 atom stereocenters. The Kier molecular flexibility index (Phi) is 9.02. The summed E-state index contributed by atoms with van der Waals surface area (Å²) in [6.45, 7) is 2.06. The van der Waals surface area contributed by atoms with Gasteiger partial charge in [-0.25, -0.2) is 4.68 Å². The highest BCUT2D eigenvalue weighted by atomic mass is 32.2. The number of unbranched alkanes of at least 4 members (excludes halogenated alkanes) is 7. The topological polar surface area (TPSA) is 80.9 Å². The number of thioether (sulfide) groups is 1. The van der Waals surface area contributed by atoms with E-state index in [0.717, 1.165) is 12.2 Å². The lowest BCUT2D eigenvalue weighted by Crippen LogP contribution is -2.11. The summed E-state index contributed by atoms with van der Waals surface area (Å²) in [7, 11) is 0. The van der Waals surface area contributed by atoms with Gasteiger partial charge in [0.2, 0.25) is 5.16 Å². The Balaban J connectivity index is 2.04. The van der Waals surface area contributed by atoms with E-state index in [1.165, 1.54) is 61.4 Å². The van der Waals surface area contributed by atoms with Crippen LogP contribution in [0.5, 0.6) is 0 Å². The van der Waals surface area contributed by atoms with Crippen LogP contribution in [0.25, 0.3) is 0 Å². The molecule has 0 aliphatic rings. The quantitative estimate of drug-likeness (QED) is 0.472. The first-order valence-electron chi connectivity index (χ1n) is 7.34. The van der Waals surface area contributed by atoms with E-state index in [9.17, 15) is 4.79 Å². The van der Waals surface area contributed by atoms with E-state index in [2.05, 4.69) is 22.4 Å². The monoisotopic (exact) mass is 300 g/mol. The van der Waals surface area contributed by atoms with E-state index >= 15 is 0 Å². The van der Waals surface area contributed by atoms with Gasteiger partial charge < -0.3 is 5.11 Å². The molecule has 0 radical (unpaired) electrons. The molecular weight excluding hydrogens is 276 g/mol. The fourth-order valence-corrected chi connectivity index (χ4v) is 2.80. The Labute approximate surface area is 124 Å². The minimum atomic E-state index is -0.925. The van der Waals surface area contributed by atoms with Crippen LogP contribution in [0.2, 0.25) is 0 Å². The summed E-state index contributed by atoms with van der Waals surface area (Å²) in [5.41, 5.74) is 0. The van der Waals surface area contributed by atoms with Crippen molar-refractivity contribution >= 4 is 17.7 Å². The fourth-order valence-electron chi connectivity index (χ4n) is 1.93. The van der Waals surface area contributed by atoms with Crippen molar-refractivity contribution in [1.82, 2.24) is 20.2 Å². The smallest absolute Gasteiger partial charge is 0.325 e. The van der Waals surface area contributed by atoms with Crippen molar-refractivity contribution in [3.63, 3.8) is 0 Å². The van der Waals surface area contributed by atoms with Crippen molar-refractivity contribution in [3.05, 3.63) is 0 Å². The Hall–Kier alpha value is -1.11. The highest BCUT2D eigenvalue weighted by Gasteiger charge is 2.09. The second-order valence-corrected chi connectivity index (χ2v) is 5.90. The third-order valence-electron chi connectivity index (χ3n) is 3.01. The number of tetrazole rings is 1. The van der Waals surface area contributed by atoms with Crippen molar-refractivity contribution in [3.8, 4) is 0 Å². The summed E-state index contributed by atoms with van der Waals surface area (Å²) >= 11 is 1.53. The van der Waals surface area contributed by atoms with Crippen LogP contribution < -0.4 is 0 Å². The lowest BCUT2D eigenvalue weighted by molar-refractivity contribution is -0.138. The number of aliphatic carboxylic acids is 1. The Morgan fingerprint density at radius 1 is 1.15 bits per heavy atom. The van der Waals surface area contributed by atoms with Gasteiger partial charge in [0.05, 0.1) is 0 Å². The van der Waals surface area contributed by atoms with Crippen LogP contribution in [0, 0.1) is 0 Å². The second-order valence-electron chi connectivity index (χ2n) is 4.84.